The number of hydrogen-bond donors (Lipinski definition) is 7. The predicted octanol–water partition coefficient (Wildman–Crippen LogP) is 1.94. The monoisotopic (exact) mass is 1090 g/mol. The molecule has 0 spiro atoms. The molecule has 1 fully saturated rings. The zero-order chi connectivity index (χ0) is 56.2. The molecular weight excluding hydrogens is 1030 g/mol. The van der Waals surface area contributed by atoms with Crippen LogP contribution in [0, 0.1) is 23.9 Å². The number of pyridine rings is 2. The van der Waals surface area contributed by atoms with Crippen molar-refractivity contribution >= 4 is 58.2 Å². The van der Waals surface area contributed by atoms with Crippen molar-refractivity contribution in [3.05, 3.63) is 115 Å². The van der Waals surface area contributed by atoms with Gasteiger partial charge in [0.05, 0.1) is 61.2 Å². The van der Waals surface area contributed by atoms with Crippen LogP contribution in [-0.2, 0) is 79.4 Å². The lowest BCUT2D eigenvalue weighted by molar-refractivity contribution is -0.792. The number of aromatic nitrogens is 2. The fourth-order valence-corrected chi connectivity index (χ4v) is 10.8. The number of carbonyl (C=O) groups excluding carboxylic acids is 8. The number of fused-ring (bicyclic) bond motifs is 5. The first-order valence-corrected chi connectivity index (χ1v) is 26.8. The van der Waals surface area contributed by atoms with Crippen LogP contribution in [-0.4, -0.2) is 118 Å². The molecular formula is C56H64FN9O13. The molecule has 9 rings (SSSR count). The van der Waals surface area contributed by atoms with E-state index in [4.69, 9.17) is 14.5 Å². The number of hydrogen-bond acceptors (Lipinski definition) is 14. The lowest BCUT2D eigenvalue weighted by Crippen LogP contribution is -2.52. The highest BCUT2D eigenvalue weighted by molar-refractivity contribution is 5.95. The van der Waals surface area contributed by atoms with Crippen molar-refractivity contribution in [1.82, 2.24) is 41.5 Å². The van der Waals surface area contributed by atoms with E-state index in [0.29, 0.717) is 83.1 Å². The molecule has 1 unspecified atom stereocenters. The van der Waals surface area contributed by atoms with Crippen molar-refractivity contribution in [2.75, 3.05) is 39.5 Å². The molecule has 418 valence electrons. The van der Waals surface area contributed by atoms with Crippen LogP contribution in [0.4, 0.5) is 4.39 Å². The number of esters is 1. The summed E-state index contributed by atoms with van der Waals surface area (Å²) in [7, 11) is 0. The molecule has 4 aromatic rings. The van der Waals surface area contributed by atoms with Gasteiger partial charge in [-0.25, -0.2) is 19.0 Å². The SMILES string of the molecule is CC[C@@]1(O)C(=O)OCc2c1cc1n(c2=O)Cc2c-1nc1cc(F)c(C)c3c1c2[C@@H](NC(=O)[C@H](CC1CC1)OCNC(=O)CNC(=O)[C@H](Cc1ccccc1)NC(=O)CNC(=O)CNC(=O)CCCCC[N+]1([O-])CC=CC1=O)CC3. The molecule has 23 heteroatoms. The van der Waals surface area contributed by atoms with Gasteiger partial charge in [0.25, 0.3) is 5.56 Å². The number of carbonyl (C=O) groups is 8. The van der Waals surface area contributed by atoms with E-state index in [1.165, 1.54) is 16.7 Å². The van der Waals surface area contributed by atoms with Crippen molar-refractivity contribution in [2.24, 2.45) is 5.92 Å². The minimum atomic E-state index is -2.06. The average Bonchev–Trinajstić information content (AvgIpc) is 4.34. The summed E-state index contributed by atoms with van der Waals surface area (Å²) in [6.45, 7) is 1.43. The molecule has 79 heavy (non-hydrogen) atoms. The van der Waals surface area contributed by atoms with Gasteiger partial charge in [0.15, 0.2) is 5.60 Å². The van der Waals surface area contributed by atoms with Gasteiger partial charge in [-0.3, -0.25) is 38.2 Å². The Hall–Kier alpha value is -7.73. The van der Waals surface area contributed by atoms with E-state index in [-0.39, 0.29) is 62.5 Å². The van der Waals surface area contributed by atoms with Gasteiger partial charge < -0.3 is 56.3 Å². The van der Waals surface area contributed by atoms with E-state index in [2.05, 4.69) is 31.9 Å². The minimum Gasteiger partial charge on any atom is -0.625 e. The summed E-state index contributed by atoms with van der Waals surface area (Å²) in [5.74, 6) is -5.18. The zero-order valence-electron chi connectivity index (χ0n) is 44.0. The van der Waals surface area contributed by atoms with Crippen LogP contribution in [0.25, 0.3) is 22.3 Å². The van der Waals surface area contributed by atoms with Crippen molar-refractivity contribution in [3.8, 4) is 11.4 Å². The maximum atomic E-state index is 15.5. The van der Waals surface area contributed by atoms with Gasteiger partial charge in [-0.05, 0) is 92.2 Å². The van der Waals surface area contributed by atoms with E-state index in [0.717, 1.165) is 18.4 Å². The van der Waals surface area contributed by atoms with Crippen LogP contribution < -0.4 is 37.5 Å². The molecule has 5 heterocycles. The number of quaternary nitrogens is 1. The van der Waals surface area contributed by atoms with E-state index >= 15 is 4.39 Å². The molecule has 2 aromatic heterocycles. The third-order valence-electron chi connectivity index (χ3n) is 15.5. The van der Waals surface area contributed by atoms with Gasteiger partial charge in [0, 0.05) is 41.5 Å². The number of ether oxygens (including phenoxy) is 2. The Kier molecular flexibility index (Phi) is 16.8. The highest BCUT2D eigenvalue weighted by Gasteiger charge is 2.46. The Bertz CT molecular complexity index is 3220. The largest absolute Gasteiger partial charge is 0.625 e. The van der Waals surface area contributed by atoms with Crippen molar-refractivity contribution in [1.29, 1.82) is 0 Å². The molecule has 7 amide bonds. The number of aryl methyl sites for hydroxylation is 1. The fourth-order valence-electron chi connectivity index (χ4n) is 10.8. The van der Waals surface area contributed by atoms with E-state index in [1.54, 1.807) is 56.3 Å². The lowest BCUT2D eigenvalue weighted by Gasteiger charge is -2.35. The number of benzene rings is 2. The standard InChI is InChI=1S/C56H64FN9O13/c1-3-56(76)37-23-42-51-35(28-65(42)54(74)36(37)29-78-55(56)75)50-39(18-17-34-31(2)38(57)24-40(63-51)49(34)50)64-53(73)43(22-33-15-16-33)79-30-61-46(69)26-60-52(72)41(21-32-11-6-4-7-12-32)62-47(70)27-59-45(68)25-58-44(67)13-8-5-9-19-66(77)20-10-14-48(66)71/h4,6-7,10-12,14,23-24,33,39,41,43,76H,3,5,8-9,13,15-22,25-30H2,1-2H3,(H,58,67)(H,59,68)(H,60,72)(H,61,69)(H,62,70)(H,64,73)/t39-,41-,43-,56-,66?/m0/s1. The molecule has 5 aliphatic rings. The van der Waals surface area contributed by atoms with Gasteiger partial charge in [-0.1, -0.05) is 50.1 Å². The Balaban J connectivity index is 0.785. The summed E-state index contributed by atoms with van der Waals surface area (Å²) in [5.41, 5.74) is 1.97. The number of halogens is 1. The second-order valence-corrected chi connectivity index (χ2v) is 20.9. The van der Waals surface area contributed by atoms with Crippen molar-refractivity contribution in [3.63, 3.8) is 0 Å². The highest BCUT2D eigenvalue weighted by atomic mass is 19.1. The molecule has 5 atom stereocenters. The lowest BCUT2D eigenvalue weighted by atomic mass is 9.81. The number of cyclic esters (lactones) is 1. The molecule has 0 radical (unpaired) electrons. The number of rotatable bonds is 24. The zero-order valence-corrected chi connectivity index (χ0v) is 44.0. The molecule has 2 aromatic carbocycles. The summed E-state index contributed by atoms with van der Waals surface area (Å²) in [6.07, 6.45) is 6.27. The van der Waals surface area contributed by atoms with E-state index in [9.17, 15) is 53.5 Å². The maximum absolute atomic E-state index is 15.5. The maximum Gasteiger partial charge on any atom is 0.343 e. The van der Waals surface area contributed by atoms with Gasteiger partial charge in [0.1, 0.15) is 37.8 Å². The summed E-state index contributed by atoms with van der Waals surface area (Å²) in [4.78, 5) is 122. The van der Waals surface area contributed by atoms with Gasteiger partial charge in [-0.15, -0.1) is 0 Å². The van der Waals surface area contributed by atoms with Crippen LogP contribution in [0.1, 0.15) is 110 Å². The highest BCUT2D eigenvalue weighted by Crippen LogP contribution is 2.46. The number of aliphatic hydroxyl groups is 1. The topological polar surface area (TPSA) is 305 Å². The Morgan fingerprint density at radius 2 is 1.65 bits per heavy atom. The molecule has 3 aliphatic heterocycles. The third-order valence-corrected chi connectivity index (χ3v) is 15.5. The third kappa shape index (κ3) is 12.3. The average molecular weight is 1090 g/mol. The number of nitrogens with zero attached hydrogens (tertiary/aromatic N) is 3. The fraction of sp³-hybridized carbons (Fsp3) is 0.464. The van der Waals surface area contributed by atoms with Gasteiger partial charge in [-0.2, -0.15) is 0 Å². The Morgan fingerprint density at radius 1 is 0.911 bits per heavy atom. The number of hydroxylamine groups is 3. The Morgan fingerprint density at radius 3 is 2.38 bits per heavy atom. The molecule has 22 nitrogen and oxygen atoms in total. The molecule has 1 saturated carbocycles. The first-order chi connectivity index (χ1) is 37.9. The first-order valence-electron chi connectivity index (χ1n) is 26.8. The molecule has 2 aliphatic carbocycles. The predicted molar refractivity (Wildman–Crippen MR) is 281 cm³/mol. The van der Waals surface area contributed by atoms with Crippen LogP contribution in [0.2, 0.25) is 0 Å². The van der Waals surface area contributed by atoms with E-state index in [1.807, 2.05) is 0 Å². The van der Waals surface area contributed by atoms with Crippen LogP contribution in [0.3, 0.4) is 0 Å². The summed E-state index contributed by atoms with van der Waals surface area (Å²) < 4.78 is 27.4. The first kappa shape index (κ1) is 56.0. The van der Waals surface area contributed by atoms with Crippen LogP contribution in [0.5, 0.6) is 0 Å². The van der Waals surface area contributed by atoms with Crippen molar-refractivity contribution < 1.29 is 62.0 Å². The second kappa shape index (κ2) is 23.7. The van der Waals surface area contributed by atoms with Crippen LogP contribution in [0.15, 0.2) is 59.4 Å². The van der Waals surface area contributed by atoms with Crippen molar-refractivity contribution in [2.45, 2.75) is 121 Å². The Labute approximate surface area is 453 Å². The number of amides is 7. The summed E-state index contributed by atoms with van der Waals surface area (Å²) in [6, 6.07) is 9.92. The normalized spacial score (nSPS) is 20.3. The van der Waals surface area contributed by atoms with Gasteiger partial charge in [0.2, 0.25) is 35.4 Å². The van der Waals surface area contributed by atoms with E-state index < -0.39 is 113 Å². The van der Waals surface area contributed by atoms with Gasteiger partial charge >= 0.3 is 11.9 Å². The summed E-state index contributed by atoms with van der Waals surface area (Å²) in [5, 5.41) is 40.3. The number of unbranched alkanes of at least 4 members (excludes halogenated alkanes) is 2. The molecule has 7 N–H and O–H groups in total. The quantitative estimate of drug-likeness (QED) is 0.0153. The van der Waals surface area contributed by atoms with Crippen LogP contribution >= 0.6 is 0 Å². The second-order valence-electron chi connectivity index (χ2n) is 20.9. The molecule has 0 saturated heterocycles. The summed E-state index contributed by atoms with van der Waals surface area (Å²) >= 11 is 0. The molecule has 0 bridgehead atoms. The minimum absolute atomic E-state index is 0.0399. The smallest absolute Gasteiger partial charge is 0.343 e. The number of nitrogens with one attached hydrogen (secondary N) is 6.